The first-order chi connectivity index (χ1) is 13.0. The van der Waals surface area contributed by atoms with E-state index in [1.165, 1.54) is 0 Å². The van der Waals surface area contributed by atoms with Crippen LogP contribution in [0.4, 0.5) is 11.4 Å². The molecule has 0 aromatic heterocycles. The number of hydrogen-bond acceptors (Lipinski definition) is 3. The van der Waals surface area contributed by atoms with Crippen molar-refractivity contribution in [1.29, 1.82) is 0 Å². The van der Waals surface area contributed by atoms with Crippen molar-refractivity contribution < 1.29 is 9.59 Å². The lowest BCUT2D eigenvalue weighted by atomic mass is 9.95. The number of hydrogen-bond donors (Lipinski definition) is 2. The highest BCUT2D eigenvalue weighted by atomic mass is 79.9. The molecule has 0 bridgehead atoms. The molecule has 2 aromatic rings. The van der Waals surface area contributed by atoms with Crippen LogP contribution in [-0.4, -0.2) is 35.8 Å². The van der Waals surface area contributed by atoms with Crippen LogP contribution in [0.3, 0.4) is 0 Å². The van der Waals surface area contributed by atoms with Crippen LogP contribution in [0.1, 0.15) is 19.8 Å². The van der Waals surface area contributed by atoms with Crippen LogP contribution >= 0.6 is 15.9 Å². The summed E-state index contributed by atoms with van der Waals surface area (Å²) in [5.41, 5.74) is 1.58. The van der Waals surface area contributed by atoms with Gasteiger partial charge in [0.2, 0.25) is 11.8 Å². The van der Waals surface area contributed by atoms with E-state index in [2.05, 4.69) is 31.5 Å². The third kappa shape index (κ3) is 5.40. The number of nitrogens with zero attached hydrogens (tertiary/aromatic N) is 1. The molecule has 2 N–H and O–H groups in total. The molecule has 1 aliphatic rings. The fourth-order valence-corrected chi connectivity index (χ4v) is 3.55. The number of piperidine rings is 1. The summed E-state index contributed by atoms with van der Waals surface area (Å²) >= 11 is 3.39. The van der Waals surface area contributed by atoms with E-state index in [9.17, 15) is 9.59 Å². The Hall–Kier alpha value is -2.18. The van der Waals surface area contributed by atoms with Crippen molar-refractivity contribution in [1.82, 2.24) is 4.90 Å². The lowest BCUT2D eigenvalue weighted by Gasteiger charge is -2.35. The lowest BCUT2D eigenvalue weighted by Crippen LogP contribution is -2.49. The number of likely N-dealkylation sites (tertiary alicyclic amines) is 1. The third-order valence-electron chi connectivity index (χ3n) is 4.90. The summed E-state index contributed by atoms with van der Waals surface area (Å²) in [6.45, 7) is 3.31. The van der Waals surface area contributed by atoms with Crippen LogP contribution in [0, 0.1) is 5.92 Å². The average molecular weight is 430 g/mol. The number of rotatable bonds is 5. The van der Waals surface area contributed by atoms with Gasteiger partial charge in [0.05, 0.1) is 12.0 Å². The largest absolute Gasteiger partial charge is 0.326 e. The number of halogens is 1. The quantitative estimate of drug-likeness (QED) is 0.750. The predicted molar refractivity (Wildman–Crippen MR) is 112 cm³/mol. The second-order valence-corrected chi connectivity index (χ2v) is 7.78. The Bertz CT molecular complexity index is 780. The number of benzene rings is 2. The van der Waals surface area contributed by atoms with E-state index in [1.54, 1.807) is 0 Å². The smallest absolute Gasteiger partial charge is 0.241 e. The fourth-order valence-electron chi connectivity index (χ4n) is 3.28. The van der Waals surface area contributed by atoms with Gasteiger partial charge in [0.1, 0.15) is 0 Å². The molecule has 0 aliphatic carbocycles. The molecule has 1 heterocycles. The highest BCUT2D eigenvalue weighted by molar-refractivity contribution is 9.10. The van der Waals surface area contributed by atoms with Gasteiger partial charge in [-0.3, -0.25) is 14.5 Å². The summed E-state index contributed by atoms with van der Waals surface area (Å²) in [6, 6.07) is 16.7. The highest BCUT2D eigenvalue weighted by Crippen LogP contribution is 2.21. The number of amides is 2. The van der Waals surface area contributed by atoms with Crippen molar-refractivity contribution in [3.8, 4) is 0 Å². The van der Waals surface area contributed by atoms with E-state index < -0.39 is 0 Å². The van der Waals surface area contributed by atoms with Crippen molar-refractivity contribution in [2.24, 2.45) is 5.92 Å². The Morgan fingerprint density at radius 3 is 2.41 bits per heavy atom. The first-order valence-electron chi connectivity index (χ1n) is 9.19. The molecule has 3 rings (SSSR count). The summed E-state index contributed by atoms with van der Waals surface area (Å²) in [4.78, 5) is 27.3. The molecule has 1 fully saturated rings. The van der Waals surface area contributed by atoms with Crippen LogP contribution in [0.2, 0.25) is 0 Å². The number of para-hydroxylation sites is 1. The molecule has 2 aromatic carbocycles. The van der Waals surface area contributed by atoms with E-state index in [1.807, 2.05) is 61.5 Å². The average Bonchev–Trinajstić information content (AvgIpc) is 2.70. The summed E-state index contributed by atoms with van der Waals surface area (Å²) in [6.07, 6.45) is 1.75. The van der Waals surface area contributed by atoms with Crippen LogP contribution < -0.4 is 10.6 Å². The van der Waals surface area contributed by atoms with Gasteiger partial charge in [0.25, 0.3) is 0 Å². The monoisotopic (exact) mass is 429 g/mol. The molecule has 5 nitrogen and oxygen atoms in total. The van der Waals surface area contributed by atoms with Gasteiger partial charge in [-0.15, -0.1) is 0 Å². The van der Waals surface area contributed by atoms with Gasteiger partial charge >= 0.3 is 0 Å². The van der Waals surface area contributed by atoms with E-state index in [4.69, 9.17) is 0 Å². The molecule has 6 heteroatoms. The molecular formula is C21H24BrN3O2. The van der Waals surface area contributed by atoms with Crippen molar-refractivity contribution in [3.63, 3.8) is 0 Å². The number of nitrogens with one attached hydrogen (secondary N) is 2. The van der Waals surface area contributed by atoms with Gasteiger partial charge in [-0.25, -0.2) is 0 Å². The van der Waals surface area contributed by atoms with Crippen LogP contribution in [0.5, 0.6) is 0 Å². The Kier molecular flexibility index (Phi) is 6.63. The van der Waals surface area contributed by atoms with E-state index >= 15 is 0 Å². The topological polar surface area (TPSA) is 61.4 Å². The van der Waals surface area contributed by atoms with E-state index in [0.29, 0.717) is 6.54 Å². The maximum Gasteiger partial charge on any atom is 0.241 e. The molecule has 2 atom stereocenters. The number of anilines is 2. The number of carbonyl (C=O) groups excluding carboxylic acids is 2. The predicted octanol–water partition coefficient (Wildman–Crippen LogP) is 4.13. The Morgan fingerprint density at radius 2 is 1.70 bits per heavy atom. The second kappa shape index (κ2) is 9.15. The minimum absolute atomic E-state index is 0.0198. The van der Waals surface area contributed by atoms with E-state index in [0.717, 1.165) is 35.2 Å². The molecule has 0 radical (unpaired) electrons. The standard InChI is InChI=1S/C21H24BrN3O2/c1-15(20(26)23-19-11-9-17(22)10-12-19)25-13-5-6-16(14-25)21(27)24-18-7-3-2-4-8-18/h2-4,7-12,15-16H,5-6,13-14H2,1H3,(H,23,26)(H,24,27)/t15-,16-/m0/s1. The Morgan fingerprint density at radius 1 is 1.04 bits per heavy atom. The maximum atomic E-state index is 12.6. The molecule has 27 heavy (non-hydrogen) atoms. The van der Waals surface area contributed by atoms with Gasteiger partial charge in [0, 0.05) is 22.4 Å². The molecule has 142 valence electrons. The third-order valence-corrected chi connectivity index (χ3v) is 5.43. The molecule has 1 aliphatic heterocycles. The number of carbonyl (C=O) groups is 2. The molecular weight excluding hydrogens is 406 g/mol. The molecule has 0 spiro atoms. The minimum atomic E-state index is -0.291. The maximum absolute atomic E-state index is 12.6. The van der Waals surface area contributed by atoms with Crippen LogP contribution in [-0.2, 0) is 9.59 Å². The summed E-state index contributed by atoms with van der Waals surface area (Å²) < 4.78 is 0.969. The van der Waals surface area contributed by atoms with Crippen molar-refractivity contribution in [3.05, 3.63) is 59.1 Å². The zero-order valence-corrected chi connectivity index (χ0v) is 16.9. The summed E-state index contributed by atoms with van der Waals surface area (Å²) in [5.74, 6) is -0.144. The summed E-state index contributed by atoms with van der Waals surface area (Å²) in [7, 11) is 0. The first-order valence-corrected chi connectivity index (χ1v) is 9.98. The molecule has 1 saturated heterocycles. The fraction of sp³-hybridized carbons (Fsp3) is 0.333. The normalized spacial score (nSPS) is 18.5. The second-order valence-electron chi connectivity index (χ2n) is 6.86. The van der Waals surface area contributed by atoms with Crippen molar-refractivity contribution >= 4 is 39.1 Å². The molecule has 0 unspecified atom stereocenters. The lowest BCUT2D eigenvalue weighted by molar-refractivity contribution is -0.125. The highest BCUT2D eigenvalue weighted by Gasteiger charge is 2.30. The molecule has 2 amide bonds. The van der Waals surface area contributed by atoms with Gasteiger partial charge in [-0.2, -0.15) is 0 Å². The van der Waals surface area contributed by atoms with E-state index in [-0.39, 0.29) is 23.8 Å². The minimum Gasteiger partial charge on any atom is -0.326 e. The van der Waals surface area contributed by atoms with Crippen molar-refractivity contribution in [2.75, 3.05) is 23.7 Å². The van der Waals surface area contributed by atoms with Crippen molar-refractivity contribution in [2.45, 2.75) is 25.8 Å². The summed E-state index contributed by atoms with van der Waals surface area (Å²) in [5, 5.41) is 5.92. The van der Waals surface area contributed by atoms with Gasteiger partial charge < -0.3 is 10.6 Å². The van der Waals surface area contributed by atoms with Crippen LogP contribution in [0.25, 0.3) is 0 Å². The van der Waals surface area contributed by atoms with Gasteiger partial charge in [-0.1, -0.05) is 34.1 Å². The first kappa shape index (κ1) is 19.6. The van der Waals surface area contributed by atoms with Gasteiger partial charge in [0.15, 0.2) is 0 Å². The SMILES string of the molecule is C[C@@H](C(=O)Nc1ccc(Br)cc1)N1CCC[C@H](C(=O)Nc2ccccc2)C1. The Labute approximate surface area is 168 Å². The Balaban J connectivity index is 1.57. The van der Waals surface area contributed by atoms with Crippen LogP contribution in [0.15, 0.2) is 59.1 Å². The zero-order chi connectivity index (χ0) is 19.2. The molecule has 0 saturated carbocycles. The van der Waals surface area contributed by atoms with Gasteiger partial charge in [-0.05, 0) is 62.7 Å². The zero-order valence-electron chi connectivity index (χ0n) is 15.3.